The molecular weight excluding hydrogens is 276 g/mol. The monoisotopic (exact) mass is 284 g/mol. The first kappa shape index (κ1) is 12.6. The van der Waals surface area contributed by atoms with Crippen LogP contribution in [-0.4, -0.2) is 21.0 Å². The summed E-state index contributed by atoms with van der Waals surface area (Å²) in [5.74, 6) is -0.991. The molecule has 0 atom stereocenters. The van der Waals surface area contributed by atoms with Crippen molar-refractivity contribution < 1.29 is 9.90 Å². The van der Waals surface area contributed by atoms with Crippen LogP contribution >= 0.6 is 11.6 Å². The lowest BCUT2D eigenvalue weighted by atomic mass is 10.0. The highest BCUT2D eigenvalue weighted by Crippen LogP contribution is 2.26. The standard InChI is InChI=1S/C15H9ClN2O2/c16-10-1-2-11-12(15(19)20)8-13(18-14(11)7-10)9-3-5-17-6-4-9/h1-8H,(H,19,20). The number of carbonyl (C=O) groups is 1. The quantitative estimate of drug-likeness (QED) is 0.780. The molecule has 0 bridgehead atoms. The van der Waals surface area contributed by atoms with Crippen molar-refractivity contribution in [2.75, 3.05) is 0 Å². The minimum atomic E-state index is -0.991. The highest BCUT2D eigenvalue weighted by Gasteiger charge is 2.13. The van der Waals surface area contributed by atoms with Gasteiger partial charge in [-0.15, -0.1) is 0 Å². The lowest BCUT2D eigenvalue weighted by molar-refractivity contribution is 0.0699. The molecule has 1 aromatic carbocycles. The SMILES string of the molecule is O=C(O)c1cc(-c2ccncc2)nc2cc(Cl)ccc12. The fraction of sp³-hybridized carbons (Fsp3) is 0. The van der Waals surface area contributed by atoms with Crippen molar-refractivity contribution in [2.24, 2.45) is 0 Å². The Bertz CT molecular complexity index is 804. The maximum absolute atomic E-state index is 11.4. The summed E-state index contributed by atoms with van der Waals surface area (Å²) in [5, 5.41) is 10.4. The molecule has 2 aromatic heterocycles. The number of nitrogens with zero attached hydrogens (tertiary/aromatic N) is 2. The lowest BCUT2D eigenvalue weighted by Crippen LogP contribution is -2.00. The smallest absolute Gasteiger partial charge is 0.336 e. The molecule has 1 N–H and O–H groups in total. The van der Waals surface area contributed by atoms with E-state index in [1.54, 1.807) is 48.8 Å². The van der Waals surface area contributed by atoms with Gasteiger partial charge in [-0.2, -0.15) is 0 Å². The van der Waals surface area contributed by atoms with E-state index in [1.807, 2.05) is 0 Å². The molecule has 20 heavy (non-hydrogen) atoms. The number of hydrogen-bond acceptors (Lipinski definition) is 3. The van der Waals surface area contributed by atoms with Crippen LogP contribution in [0.15, 0.2) is 48.8 Å². The fourth-order valence-corrected chi connectivity index (χ4v) is 2.22. The molecule has 5 heteroatoms. The summed E-state index contributed by atoms with van der Waals surface area (Å²) in [7, 11) is 0. The number of pyridine rings is 2. The Morgan fingerprint density at radius 3 is 2.55 bits per heavy atom. The summed E-state index contributed by atoms with van der Waals surface area (Å²) in [6.07, 6.45) is 3.28. The number of carboxylic acid groups (broad SMARTS) is 1. The van der Waals surface area contributed by atoms with Crippen LogP contribution < -0.4 is 0 Å². The highest BCUT2D eigenvalue weighted by atomic mass is 35.5. The Balaban J connectivity index is 2.32. The molecule has 3 rings (SSSR count). The molecule has 4 nitrogen and oxygen atoms in total. The largest absolute Gasteiger partial charge is 0.478 e. The van der Waals surface area contributed by atoms with E-state index in [4.69, 9.17) is 11.6 Å². The van der Waals surface area contributed by atoms with Crippen molar-refractivity contribution in [3.63, 3.8) is 0 Å². The molecule has 0 saturated heterocycles. The molecule has 0 spiro atoms. The van der Waals surface area contributed by atoms with E-state index in [2.05, 4.69) is 9.97 Å². The van der Waals surface area contributed by atoms with E-state index < -0.39 is 5.97 Å². The molecular formula is C15H9ClN2O2. The van der Waals surface area contributed by atoms with E-state index in [1.165, 1.54) is 0 Å². The second kappa shape index (κ2) is 4.90. The van der Waals surface area contributed by atoms with Gasteiger partial charge in [-0.3, -0.25) is 4.98 Å². The molecule has 0 radical (unpaired) electrons. The average molecular weight is 285 g/mol. The van der Waals surface area contributed by atoms with Crippen LogP contribution in [0.4, 0.5) is 0 Å². The lowest BCUT2D eigenvalue weighted by Gasteiger charge is -2.07. The Hall–Kier alpha value is -2.46. The molecule has 0 aliphatic carbocycles. The number of rotatable bonds is 2. The number of hydrogen-bond donors (Lipinski definition) is 1. The van der Waals surface area contributed by atoms with Crippen LogP contribution in [0.3, 0.4) is 0 Å². The number of carboxylic acids is 1. The molecule has 2 heterocycles. The Morgan fingerprint density at radius 2 is 1.85 bits per heavy atom. The maximum Gasteiger partial charge on any atom is 0.336 e. The van der Waals surface area contributed by atoms with Crippen molar-refractivity contribution >= 4 is 28.5 Å². The molecule has 0 aliphatic rings. The van der Waals surface area contributed by atoms with Gasteiger partial charge in [0.15, 0.2) is 0 Å². The summed E-state index contributed by atoms with van der Waals surface area (Å²) in [6.45, 7) is 0. The number of aromatic nitrogens is 2. The van der Waals surface area contributed by atoms with Crippen LogP contribution in [-0.2, 0) is 0 Å². The third kappa shape index (κ3) is 2.21. The summed E-state index contributed by atoms with van der Waals surface area (Å²) < 4.78 is 0. The third-order valence-electron chi connectivity index (χ3n) is 2.98. The van der Waals surface area contributed by atoms with E-state index in [0.717, 1.165) is 5.56 Å². The second-order valence-corrected chi connectivity index (χ2v) is 4.69. The van der Waals surface area contributed by atoms with Crippen molar-refractivity contribution in [3.8, 4) is 11.3 Å². The van der Waals surface area contributed by atoms with E-state index in [9.17, 15) is 9.90 Å². The first-order valence-electron chi connectivity index (χ1n) is 5.89. The van der Waals surface area contributed by atoms with Gasteiger partial charge in [0.1, 0.15) is 0 Å². The maximum atomic E-state index is 11.4. The number of benzene rings is 1. The van der Waals surface area contributed by atoms with Crippen molar-refractivity contribution in [1.29, 1.82) is 0 Å². The first-order valence-corrected chi connectivity index (χ1v) is 6.27. The van der Waals surface area contributed by atoms with Gasteiger partial charge in [0.05, 0.1) is 16.8 Å². The van der Waals surface area contributed by atoms with Crippen LogP contribution in [0, 0.1) is 0 Å². The fourth-order valence-electron chi connectivity index (χ4n) is 2.05. The normalized spacial score (nSPS) is 10.7. The molecule has 0 unspecified atom stereocenters. The Kier molecular flexibility index (Phi) is 3.08. The Labute approximate surface area is 119 Å². The number of fused-ring (bicyclic) bond motifs is 1. The van der Waals surface area contributed by atoms with Gasteiger partial charge in [0, 0.05) is 28.4 Å². The van der Waals surface area contributed by atoms with Crippen molar-refractivity contribution in [2.45, 2.75) is 0 Å². The molecule has 0 aliphatic heterocycles. The first-order chi connectivity index (χ1) is 9.65. The van der Waals surface area contributed by atoms with E-state index in [0.29, 0.717) is 21.6 Å². The van der Waals surface area contributed by atoms with Gasteiger partial charge in [0.25, 0.3) is 0 Å². The minimum absolute atomic E-state index is 0.207. The minimum Gasteiger partial charge on any atom is -0.478 e. The van der Waals surface area contributed by atoms with Gasteiger partial charge < -0.3 is 5.11 Å². The van der Waals surface area contributed by atoms with Gasteiger partial charge in [-0.05, 0) is 30.3 Å². The topological polar surface area (TPSA) is 63.1 Å². The van der Waals surface area contributed by atoms with Crippen molar-refractivity contribution in [1.82, 2.24) is 9.97 Å². The zero-order valence-electron chi connectivity index (χ0n) is 10.2. The van der Waals surface area contributed by atoms with Gasteiger partial charge in [-0.1, -0.05) is 17.7 Å². The summed E-state index contributed by atoms with van der Waals surface area (Å²) in [5.41, 5.74) is 2.16. The summed E-state index contributed by atoms with van der Waals surface area (Å²) >= 11 is 5.95. The summed E-state index contributed by atoms with van der Waals surface area (Å²) in [4.78, 5) is 19.8. The van der Waals surface area contributed by atoms with Crippen LogP contribution in [0.5, 0.6) is 0 Å². The van der Waals surface area contributed by atoms with Crippen LogP contribution in [0.1, 0.15) is 10.4 Å². The molecule has 3 aromatic rings. The second-order valence-electron chi connectivity index (χ2n) is 4.26. The zero-order valence-corrected chi connectivity index (χ0v) is 11.0. The highest BCUT2D eigenvalue weighted by molar-refractivity contribution is 6.31. The third-order valence-corrected chi connectivity index (χ3v) is 3.21. The van der Waals surface area contributed by atoms with Crippen molar-refractivity contribution in [3.05, 3.63) is 59.4 Å². The summed E-state index contributed by atoms with van der Waals surface area (Å²) in [6, 6.07) is 10.1. The average Bonchev–Trinajstić information content (AvgIpc) is 2.46. The predicted molar refractivity (Wildman–Crippen MR) is 76.9 cm³/mol. The molecule has 98 valence electrons. The van der Waals surface area contributed by atoms with Gasteiger partial charge >= 0.3 is 5.97 Å². The molecule has 0 saturated carbocycles. The number of halogens is 1. The van der Waals surface area contributed by atoms with Crippen LogP contribution in [0.25, 0.3) is 22.2 Å². The van der Waals surface area contributed by atoms with E-state index >= 15 is 0 Å². The Morgan fingerprint density at radius 1 is 1.10 bits per heavy atom. The number of aromatic carboxylic acids is 1. The molecule has 0 fully saturated rings. The predicted octanol–water partition coefficient (Wildman–Crippen LogP) is 3.65. The van der Waals surface area contributed by atoms with E-state index in [-0.39, 0.29) is 5.56 Å². The van der Waals surface area contributed by atoms with Gasteiger partial charge in [0.2, 0.25) is 0 Å². The zero-order chi connectivity index (χ0) is 14.1. The van der Waals surface area contributed by atoms with Gasteiger partial charge in [-0.25, -0.2) is 9.78 Å². The molecule has 0 amide bonds. The van der Waals surface area contributed by atoms with Crippen LogP contribution in [0.2, 0.25) is 5.02 Å².